The average Bonchev–Trinajstić information content (AvgIpc) is 3.16. The first-order valence-corrected chi connectivity index (χ1v) is 11.5. The van der Waals surface area contributed by atoms with Crippen LogP contribution in [0.1, 0.15) is 20.8 Å². The lowest BCUT2D eigenvalue weighted by molar-refractivity contribution is 0.417. The van der Waals surface area contributed by atoms with Gasteiger partial charge in [0, 0.05) is 29.1 Å². The van der Waals surface area contributed by atoms with Gasteiger partial charge in [0.15, 0.2) is 11.4 Å². The van der Waals surface area contributed by atoms with E-state index in [1.54, 1.807) is 74.9 Å². The Morgan fingerprint density at radius 1 is 1.03 bits per heavy atom. The Bertz CT molecular complexity index is 1410. The molecule has 0 saturated heterocycles. The van der Waals surface area contributed by atoms with E-state index in [0.29, 0.717) is 33.8 Å². The molecule has 1 N–H and O–H groups in total. The van der Waals surface area contributed by atoms with Crippen molar-refractivity contribution in [3.05, 3.63) is 72.8 Å². The van der Waals surface area contributed by atoms with Crippen LogP contribution < -0.4 is 9.46 Å². The lowest BCUT2D eigenvalue weighted by Gasteiger charge is -2.21. The Labute approximate surface area is 186 Å². The highest BCUT2D eigenvalue weighted by atomic mass is 32.2. The monoisotopic (exact) mass is 453 g/mol. The first kappa shape index (κ1) is 22.0. The van der Waals surface area contributed by atoms with Crippen molar-refractivity contribution in [1.82, 2.24) is 14.1 Å². The fraction of sp³-hybridized carbons (Fsp3) is 0.208. The summed E-state index contributed by atoms with van der Waals surface area (Å²) < 4.78 is 50.8. The van der Waals surface area contributed by atoms with E-state index >= 15 is 4.39 Å². The van der Waals surface area contributed by atoms with E-state index in [-0.39, 0.29) is 4.90 Å². The molecule has 0 aliphatic heterocycles. The molecule has 2 aromatic heterocycles. The third-order valence-electron chi connectivity index (χ3n) is 4.84. The summed E-state index contributed by atoms with van der Waals surface area (Å²) in [5.74, 6) is 0.0853. The summed E-state index contributed by atoms with van der Waals surface area (Å²) in [7, 11) is -2.24. The van der Waals surface area contributed by atoms with Crippen LogP contribution >= 0.6 is 0 Å². The Hall–Kier alpha value is -3.23. The zero-order valence-electron chi connectivity index (χ0n) is 18.3. The molecule has 4 rings (SSSR count). The fourth-order valence-corrected chi connectivity index (χ4v) is 5.21. The second-order valence-electron chi connectivity index (χ2n) is 8.48. The zero-order chi connectivity index (χ0) is 23.1. The van der Waals surface area contributed by atoms with Crippen molar-refractivity contribution in [2.75, 3.05) is 7.11 Å². The van der Waals surface area contributed by atoms with Gasteiger partial charge in [0.2, 0.25) is 10.0 Å². The quantitative estimate of drug-likeness (QED) is 0.467. The van der Waals surface area contributed by atoms with Crippen LogP contribution in [0.15, 0.2) is 71.9 Å². The predicted octanol–water partition coefficient (Wildman–Crippen LogP) is 4.89. The van der Waals surface area contributed by atoms with Crippen LogP contribution in [0.4, 0.5) is 4.39 Å². The van der Waals surface area contributed by atoms with Crippen LogP contribution in [0.25, 0.3) is 28.0 Å². The van der Waals surface area contributed by atoms with E-state index in [1.807, 2.05) is 12.3 Å². The minimum absolute atomic E-state index is 0.0968. The zero-order valence-corrected chi connectivity index (χ0v) is 19.1. The molecular formula is C24H24FN3O3S. The molecule has 2 aromatic carbocycles. The van der Waals surface area contributed by atoms with Crippen LogP contribution in [0.2, 0.25) is 0 Å². The number of nitrogens with one attached hydrogen (secondary N) is 1. The van der Waals surface area contributed by atoms with E-state index in [0.717, 1.165) is 0 Å². The highest BCUT2D eigenvalue weighted by molar-refractivity contribution is 7.89. The van der Waals surface area contributed by atoms with Crippen LogP contribution in [0.5, 0.6) is 5.75 Å². The fourth-order valence-electron chi connectivity index (χ4n) is 3.56. The van der Waals surface area contributed by atoms with Crippen molar-refractivity contribution in [2.24, 2.45) is 0 Å². The van der Waals surface area contributed by atoms with Gasteiger partial charge in [0.1, 0.15) is 5.82 Å². The number of fused-ring (bicyclic) bond motifs is 1. The van der Waals surface area contributed by atoms with Crippen molar-refractivity contribution < 1.29 is 17.5 Å². The van der Waals surface area contributed by atoms with Crippen molar-refractivity contribution in [3.63, 3.8) is 0 Å². The number of rotatable bonds is 5. The maximum atomic E-state index is 15.2. The van der Waals surface area contributed by atoms with Gasteiger partial charge in [-0.1, -0.05) is 24.3 Å². The normalized spacial score (nSPS) is 12.3. The van der Waals surface area contributed by atoms with Gasteiger partial charge in [-0.05, 0) is 56.7 Å². The van der Waals surface area contributed by atoms with Crippen molar-refractivity contribution >= 4 is 15.7 Å². The Morgan fingerprint density at radius 2 is 1.78 bits per heavy atom. The molecule has 0 bridgehead atoms. The Balaban J connectivity index is 1.78. The van der Waals surface area contributed by atoms with Gasteiger partial charge >= 0.3 is 0 Å². The Morgan fingerprint density at radius 3 is 2.47 bits per heavy atom. The minimum Gasteiger partial charge on any atom is -0.493 e. The van der Waals surface area contributed by atoms with Crippen LogP contribution in [0.3, 0.4) is 0 Å². The number of benzene rings is 2. The number of methoxy groups -OCH3 is 1. The van der Waals surface area contributed by atoms with Crippen molar-refractivity contribution in [1.29, 1.82) is 0 Å². The molecule has 8 heteroatoms. The predicted molar refractivity (Wildman–Crippen MR) is 123 cm³/mol. The third-order valence-corrected chi connectivity index (χ3v) is 6.66. The van der Waals surface area contributed by atoms with E-state index < -0.39 is 21.4 Å². The molecule has 32 heavy (non-hydrogen) atoms. The van der Waals surface area contributed by atoms with Gasteiger partial charge in [-0.15, -0.1) is 0 Å². The molecule has 0 saturated carbocycles. The first-order chi connectivity index (χ1) is 15.1. The topological polar surface area (TPSA) is 72.7 Å². The van der Waals surface area contributed by atoms with Crippen molar-refractivity contribution in [2.45, 2.75) is 31.2 Å². The van der Waals surface area contributed by atoms with E-state index in [1.165, 1.54) is 12.1 Å². The number of hydrogen-bond donors (Lipinski definition) is 1. The minimum atomic E-state index is -3.80. The Kier molecular flexibility index (Phi) is 5.52. The van der Waals surface area contributed by atoms with Gasteiger partial charge in [0.05, 0.1) is 17.7 Å². The molecule has 0 aliphatic rings. The molecule has 0 atom stereocenters. The molecule has 2 heterocycles. The number of ether oxygens (including phenoxy) is 1. The number of hydrogen-bond acceptors (Lipinski definition) is 4. The number of aromatic nitrogens is 2. The first-order valence-electron chi connectivity index (χ1n) is 10.0. The molecule has 0 radical (unpaired) electrons. The lowest BCUT2D eigenvalue weighted by Crippen LogP contribution is -2.40. The van der Waals surface area contributed by atoms with Crippen LogP contribution in [-0.2, 0) is 10.0 Å². The van der Waals surface area contributed by atoms with Gasteiger partial charge < -0.3 is 9.14 Å². The summed E-state index contributed by atoms with van der Waals surface area (Å²) >= 11 is 0. The molecule has 166 valence electrons. The summed E-state index contributed by atoms with van der Waals surface area (Å²) in [6, 6.07) is 14.8. The average molecular weight is 454 g/mol. The van der Waals surface area contributed by atoms with Gasteiger partial charge in [-0.25, -0.2) is 22.5 Å². The van der Waals surface area contributed by atoms with E-state index in [4.69, 9.17) is 4.74 Å². The summed E-state index contributed by atoms with van der Waals surface area (Å²) in [5, 5.41) is 0. The molecule has 0 aliphatic carbocycles. The summed E-state index contributed by atoms with van der Waals surface area (Å²) in [6.45, 7) is 5.31. The number of halogens is 1. The van der Waals surface area contributed by atoms with E-state index in [9.17, 15) is 8.42 Å². The largest absolute Gasteiger partial charge is 0.493 e. The molecule has 6 nitrogen and oxygen atoms in total. The van der Waals surface area contributed by atoms with Gasteiger partial charge in [-0.3, -0.25) is 0 Å². The highest BCUT2D eigenvalue weighted by Gasteiger charge is 2.25. The number of pyridine rings is 1. The number of imidazole rings is 1. The SMILES string of the molecule is COc1cccn2cc(-c3ccc(-c4ccccc4S(=O)(=O)NC(C)(C)C)cc3F)nc12. The third kappa shape index (κ3) is 4.24. The summed E-state index contributed by atoms with van der Waals surface area (Å²) in [5.41, 5.74) is 1.58. The second-order valence-corrected chi connectivity index (χ2v) is 10.1. The summed E-state index contributed by atoms with van der Waals surface area (Å²) in [4.78, 5) is 4.60. The molecule has 0 amide bonds. The second kappa shape index (κ2) is 8.03. The van der Waals surface area contributed by atoms with Crippen LogP contribution in [0, 0.1) is 5.82 Å². The molecular weight excluding hydrogens is 429 g/mol. The van der Waals surface area contributed by atoms with E-state index in [2.05, 4.69) is 9.71 Å². The highest BCUT2D eigenvalue weighted by Crippen LogP contribution is 2.32. The van der Waals surface area contributed by atoms with Crippen molar-refractivity contribution in [3.8, 4) is 28.1 Å². The molecule has 0 unspecified atom stereocenters. The standard InChI is InChI=1S/C24H24FN3O3S/c1-24(2,3)27-32(29,30)22-10-6-5-8-17(22)16-11-12-18(19(25)14-16)20-15-28-13-7-9-21(31-4)23(28)26-20/h5-15,27H,1-4H3. The lowest BCUT2D eigenvalue weighted by atomic mass is 10.0. The number of nitrogens with zero attached hydrogens (tertiary/aromatic N) is 2. The van der Waals surface area contributed by atoms with Gasteiger partial charge in [-0.2, -0.15) is 0 Å². The maximum absolute atomic E-state index is 15.2. The maximum Gasteiger partial charge on any atom is 0.241 e. The molecule has 4 aromatic rings. The molecule has 0 spiro atoms. The van der Waals surface area contributed by atoms with Crippen LogP contribution in [-0.4, -0.2) is 30.5 Å². The summed E-state index contributed by atoms with van der Waals surface area (Å²) in [6.07, 6.45) is 3.53. The smallest absolute Gasteiger partial charge is 0.241 e. The number of sulfonamides is 1. The van der Waals surface area contributed by atoms with Gasteiger partial charge in [0.25, 0.3) is 0 Å². The molecule has 0 fully saturated rings.